The molecule has 0 atom stereocenters. The summed E-state index contributed by atoms with van der Waals surface area (Å²) < 4.78 is 28.6. The maximum Gasteiger partial charge on any atom is 0.271 e. The molecule has 202 valence electrons. The highest BCUT2D eigenvalue weighted by atomic mass is 32.2. The number of nitrogens with one attached hydrogen (secondary N) is 1. The zero-order chi connectivity index (χ0) is 28.3. The third-order valence-electron chi connectivity index (χ3n) is 6.90. The molecule has 0 bridgehead atoms. The van der Waals surface area contributed by atoms with Crippen LogP contribution in [0.15, 0.2) is 77.9 Å². The molecule has 1 amide bonds. The normalized spacial score (nSPS) is 11.6. The summed E-state index contributed by atoms with van der Waals surface area (Å²) in [6.07, 6.45) is 2.82. The number of anilines is 1. The standard InChI is InChI=1S/C31H34N4O3S/c1-21-10-7-8-13-27(21)20-34(39(6,37)38)29-16-14-26(15-17-29)31(36)33-32-19-28-18-24(4)35(25(28)5)30-22(2)11-9-12-23(30)3/h7-19H,20H2,1-6H3,(H,33,36)/b32-19-. The van der Waals surface area contributed by atoms with Crippen molar-refractivity contribution in [3.63, 3.8) is 0 Å². The lowest BCUT2D eigenvalue weighted by Crippen LogP contribution is -2.29. The maximum atomic E-state index is 12.8. The number of carbonyl (C=O) groups is 1. The van der Waals surface area contributed by atoms with Crippen molar-refractivity contribution in [2.24, 2.45) is 5.10 Å². The molecule has 0 fully saturated rings. The van der Waals surface area contributed by atoms with Crippen LogP contribution in [0.3, 0.4) is 0 Å². The minimum Gasteiger partial charge on any atom is -0.317 e. The van der Waals surface area contributed by atoms with Crippen LogP contribution in [0.2, 0.25) is 0 Å². The van der Waals surface area contributed by atoms with E-state index in [1.807, 2.05) is 44.2 Å². The molecule has 0 spiro atoms. The van der Waals surface area contributed by atoms with E-state index in [-0.39, 0.29) is 12.5 Å². The number of nitrogens with zero attached hydrogens (tertiary/aromatic N) is 3. The number of carbonyl (C=O) groups excluding carboxylic acids is 1. The first-order chi connectivity index (χ1) is 18.5. The lowest BCUT2D eigenvalue weighted by Gasteiger charge is -2.23. The van der Waals surface area contributed by atoms with E-state index in [1.165, 1.54) is 21.7 Å². The Kier molecular flexibility index (Phi) is 8.06. The van der Waals surface area contributed by atoms with Crippen LogP contribution >= 0.6 is 0 Å². The number of amides is 1. The molecule has 7 nitrogen and oxygen atoms in total. The van der Waals surface area contributed by atoms with E-state index in [4.69, 9.17) is 0 Å². The van der Waals surface area contributed by atoms with Crippen LogP contribution in [0.1, 0.15) is 49.6 Å². The van der Waals surface area contributed by atoms with Gasteiger partial charge in [0.15, 0.2) is 0 Å². The topological polar surface area (TPSA) is 83.8 Å². The average molecular weight is 543 g/mol. The molecule has 1 N–H and O–H groups in total. The van der Waals surface area contributed by atoms with E-state index in [1.54, 1.807) is 30.5 Å². The van der Waals surface area contributed by atoms with Gasteiger partial charge in [0, 0.05) is 22.5 Å². The summed E-state index contributed by atoms with van der Waals surface area (Å²) in [5.41, 5.74) is 11.9. The largest absolute Gasteiger partial charge is 0.317 e. The number of rotatable bonds is 8. The molecule has 0 radical (unpaired) electrons. The Bertz CT molecular complexity index is 1630. The van der Waals surface area contributed by atoms with Gasteiger partial charge in [-0.1, -0.05) is 42.5 Å². The van der Waals surface area contributed by atoms with Crippen LogP contribution in [-0.4, -0.2) is 31.4 Å². The predicted molar refractivity (Wildman–Crippen MR) is 158 cm³/mol. The smallest absolute Gasteiger partial charge is 0.271 e. The molecule has 3 aromatic carbocycles. The van der Waals surface area contributed by atoms with Gasteiger partial charge in [-0.2, -0.15) is 5.10 Å². The predicted octanol–water partition coefficient (Wildman–Crippen LogP) is 5.75. The van der Waals surface area contributed by atoms with Gasteiger partial charge in [-0.15, -0.1) is 0 Å². The molecule has 8 heteroatoms. The quantitative estimate of drug-likeness (QED) is 0.227. The highest BCUT2D eigenvalue weighted by molar-refractivity contribution is 7.92. The Hall–Kier alpha value is -4.17. The van der Waals surface area contributed by atoms with Gasteiger partial charge in [0.1, 0.15) is 0 Å². The Morgan fingerprint density at radius 2 is 1.51 bits per heavy atom. The molecular weight excluding hydrogens is 508 g/mol. The van der Waals surface area contributed by atoms with Crippen molar-refractivity contribution in [3.8, 4) is 5.69 Å². The molecule has 4 rings (SSSR count). The van der Waals surface area contributed by atoms with Gasteiger partial charge >= 0.3 is 0 Å². The second kappa shape index (κ2) is 11.3. The lowest BCUT2D eigenvalue weighted by molar-refractivity contribution is 0.0955. The number of para-hydroxylation sites is 1. The van der Waals surface area contributed by atoms with Gasteiger partial charge in [0.25, 0.3) is 5.91 Å². The zero-order valence-electron chi connectivity index (χ0n) is 23.2. The third-order valence-corrected chi connectivity index (χ3v) is 8.04. The Balaban J connectivity index is 1.49. The number of hydrogen-bond donors (Lipinski definition) is 1. The zero-order valence-corrected chi connectivity index (χ0v) is 24.0. The van der Waals surface area contributed by atoms with Gasteiger partial charge < -0.3 is 4.57 Å². The number of benzene rings is 3. The van der Waals surface area contributed by atoms with Crippen molar-refractivity contribution < 1.29 is 13.2 Å². The summed E-state index contributed by atoms with van der Waals surface area (Å²) in [6.45, 7) is 10.4. The van der Waals surface area contributed by atoms with Gasteiger partial charge in [0.2, 0.25) is 10.0 Å². The monoisotopic (exact) mass is 542 g/mol. The fraction of sp³-hybridized carbons (Fsp3) is 0.226. The fourth-order valence-electron chi connectivity index (χ4n) is 4.77. The number of hydrogen-bond acceptors (Lipinski definition) is 4. The highest BCUT2D eigenvalue weighted by Gasteiger charge is 2.19. The molecule has 0 unspecified atom stereocenters. The van der Waals surface area contributed by atoms with E-state index in [9.17, 15) is 13.2 Å². The van der Waals surface area contributed by atoms with E-state index in [0.29, 0.717) is 11.3 Å². The van der Waals surface area contributed by atoms with Gasteiger partial charge in [0.05, 0.1) is 30.4 Å². The number of sulfonamides is 1. The molecule has 0 saturated heterocycles. The highest BCUT2D eigenvalue weighted by Crippen LogP contribution is 2.26. The second-order valence-electron chi connectivity index (χ2n) is 9.84. The van der Waals surface area contributed by atoms with Crippen LogP contribution in [-0.2, 0) is 16.6 Å². The van der Waals surface area contributed by atoms with E-state index in [0.717, 1.165) is 33.8 Å². The van der Waals surface area contributed by atoms with Crippen LogP contribution < -0.4 is 9.73 Å². The fourth-order valence-corrected chi connectivity index (χ4v) is 5.65. The van der Waals surface area contributed by atoms with Crippen molar-refractivity contribution >= 4 is 27.8 Å². The molecule has 1 heterocycles. The van der Waals surface area contributed by atoms with Crippen LogP contribution in [0.5, 0.6) is 0 Å². The number of hydrazone groups is 1. The Morgan fingerprint density at radius 1 is 0.897 bits per heavy atom. The van der Waals surface area contributed by atoms with Crippen molar-refractivity contribution in [2.75, 3.05) is 10.6 Å². The van der Waals surface area contributed by atoms with Crippen LogP contribution in [0.4, 0.5) is 5.69 Å². The minimum absolute atomic E-state index is 0.210. The first-order valence-corrected chi connectivity index (χ1v) is 14.5. The molecule has 4 aromatic rings. The Morgan fingerprint density at radius 3 is 2.13 bits per heavy atom. The Labute approximate surface area is 230 Å². The molecular formula is C31H34N4O3S. The SMILES string of the molecule is Cc1ccccc1CN(c1ccc(C(=O)N/N=C\c2cc(C)n(-c3c(C)cccc3C)c2C)cc1)S(C)(=O)=O. The second-order valence-corrected chi connectivity index (χ2v) is 11.8. The summed E-state index contributed by atoms with van der Waals surface area (Å²) in [5, 5.41) is 4.19. The lowest BCUT2D eigenvalue weighted by atomic mass is 10.1. The minimum atomic E-state index is -3.53. The third kappa shape index (κ3) is 6.12. The first kappa shape index (κ1) is 27.9. The van der Waals surface area contributed by atoms with Gasteiger partial charge in [-0.3, -0.25) is 9.10 Å². The van der Waals surface area contributed by atoms with Crippen molar-refractivity contribution in [2.45, 2.75) is 41.2 Å². The molecule has 1 aromatic heterocycles. The van der Waals surface area contributed by atoms with E-state index in [2.05, 4.69) is 54.1 Å². The summed E-state index contributed by atoms with van der Waals surface area (Å²) in [5.74, 6) is -0.383. The van der Waals surface area contributed by atoms with Crippen LogP contribution in [0.25, 0.3) is 5.69 Å². The molecule has 0 aliphatic heterocycles. The van der Waals surface area contributed by atoms with Crippen molar-refractivity contribution in [1.82, 2.24) is 9.99 Å². The van der Waals surface area contributed by atoms with Gasteiger partial charge in [-0.25, -0.2) is 13.8 Å². The first-order valence-electron chi connectivity index (χ1n) is 12.7. The summed E-state index contributed by atoms with van der Waals surface area (Å²) >= 11 is 0. The average Bonchev–Trinajstić information content (AvgIpc) is 3.15. The van der Waals surface area contributed by atoms with E-state index < -0.39 is 10.0 Å². The number of aryl methyl sites for hydroxylation is 4. The molecule has 0 aliphatic rings. The molecule has 0 aliphatic carbocycles. The number of aromatic nitrogens is 1. The van der Waals surface area contributed by atoms with Crippen molar-refractivity contribution in [3.05, 3.63) is 118 Å². The maximum absolute atomic E-state index is 12.8. The van der Waals surface area contributed by atoms with Crippen LogP contribution in [0, 0.1) is 34.6 Å². The summed E-state index contributed by atoms with van der Waals surface area (Å²) in [6, 6.07) is 22.4. The molecule has 39 heavy (non-hydrogen) atoms. The van der Waals surface area contributed by atoms with E-state index >= 15 is 0 Å². The summed E-state index contributed by atoms with van der Waals surface area (Å²) in [7, 11) is -3.53. The summed E-state index contributed by atoms with van der Waals surface area (Å²) in [4.78, 5) is 12.8. The van der Waals surface area contributed by atoms with Crippen molar-refractivity contribution in [1.29, 1.82) is 0 Å². The molecule has 0 saturated carbocycles. The van der Waals surface area contributed by atoms with Gasteiger partial charge in [-0.05, 0) is 87.2 Å².